The van der Waals surface area contributed by atoms with Gasteiger partial charge in [0, 0.05) is 36.4 Å². The second kappa shape index (κ2) is 7.91. The van der Waals surface area contributed by atoms with Crippen molar-refractivity contribution in [1.82, 2.24) is 9.88 Å². The standard InChI is InChI=1S/C22H30N2OS/c1-14(2)17-8-9-18(19(13-17)15(3)4)22-16(5)26-20(23-22)10-12-24-11-6-7-21(24)25/h8-9,13-15H,6-7,10-12H2,1-5H3. The van der Waals surface area contributed by atoms with Crippen LogP contribution < -0.4 is 0 Å². The first kappa shape index (κ1) is 19.1. The molecule has 26 heavy (non-hydrogen) atoms. The minimum Gasteiger partial charge on any atom is -0.342 e. The number of benzene rings is 1. The molecule has 1 aliphatic heterocycles. The smallest absolute Gasteiger partial charge is 0.222 e. The number of carbonyl (C=O) groups excluding carboxylic acids is 1. The second-order valence-corrected chi connectivity index (χ2v) is 9.19. The molecule has 1 fully saturated rings. The Morgan fingerprint density at radius 3 is 2.58 bits per heavy atom. The maximum absolute atomic E-state index is 11.8. The van der Waals surface area contributed by atoms with Crippen molar-refractivity contribution in [3.05, 3.63) is 39.2 Å². The molecule has 3 nitrogen and oxygen atoms in total. The molecule has 4 heteroatoms. The Hall–Kier alpha value is -1.68. The lowest BCUT2D eigenvalue weighted by Crippen LogP contribution is -2.26. The van der Waals surface area contributed by atoms with Gasteiger partial charge in [-0.1, -0.05) is 45.9 Å². The van der Waals surface area contributed by atoms with E-state index in [0.717, 1.165) is 36.6 Å². The molecule has 0 N–H and O–H groups in total. The van der Waals surface area contributed by atoms with Crippen molar-refractivity contribution >= 4 is 17.2 Å². The van der Waals surface area contributed by atoms with Crippen LogP contribution >= 0.6 is 11.3 Å². The largest absolute Gasteiger partial charge is 0.342 e. The van der Waals surface area contributed by atoms with E-state index in [-0.39, 0.29) is 0 Å². The third-order valence-corrected chi connectivity index (χ3v) is 6.26. The molecule has 1 aromatic heterocycles. The van der Waals surface area contributed by atoms with Gasteiger partial charge in [0.2, 0.25) is 5.91 Å². The van der Waals surface area contributed by atoms with Crippen LogP contribution in [0.25, 0.3) is 11.3 Å². The third kappa shape index (κ3) is 4.01. The minimum absolute atomic E-state index is 0.296. The van der Waals surface area contributed by atoms with Gasteiger partial charge in [0.05, 0.1) is 10.7 Å². The van der Waals surface area contributed by atoms with Crippen LogP contribution in [0.1, 0.15) is 73.4 Å². The third-order valence-electron chi connectivity index (χ3n) is 5.23. The normalized spacial score (nSPS) is 14.9. The summed E-state index contributed by atoms with van der Waals surface area (Å²) in [5.41, 5.74) is 5.15. The molecule has 0 bridgehead atoms. The summed E-state index contributed by atoms with van der Waals surface area (Å²) in [6.07, 6.45) is 2.57. The predicted molar refractivity (Wildman–Crippen MR) is 110 cm³/mol. The van der Waals surface area contributed by atoms with Crippen molar-refractivity contribution in [3.63, 3.8) is 0 Å². The zero-order valence-electron chi connectivity index (χ0n) is 16.6. The number of likely N-dealkylation sites (tertiary alicyclic amines) is 1. The van der Waals surface area contributed by atoms with Crippen molar-refractivity contribution in [2.75, 3.05) is 13.1 Å². The molecule has 1 saturated heterocycles. The average molecular weight is 371 g/mol. The van der Waals surface area contributed by atoms with E-state index in [2.05, 4.69) is 52.8 Å². The molecular weight excluding hydrogens is 340 g/mol. The van der Waals surface area contributed by atoms with E-state index in [9.17, 15) is 4.79 Å². The number of aryl methyl sites for hydroxylation is 1. The van der Waals surface area contributed by atoms with Gasteiger partial charge in [-0.3, -0.25) is 4.79 Å². The zero-order valence-corrected chi connectivity index (χ0v) is 17.4. The minimum atomic E-state index is 0.296. The zero-order chi connectivity index (χ0) is 18.8. The van der Waals surface area contributed by atoms with Crippen molar-refractivity contribution in [2.24, 2.45) is 0 Å². The molecule has 0 radical (unpaired) electrons. The molecule has 0 unspecified atom stereocenters. The topological polar surface area (TPSA) is 33.2 Å². The highest BCUT2D eigenvalue weighted by Crippen LogP contribution is 2.35. The van der Waals surface area contributed by atoms with Gasteiger partial charge in [0.1, 0.15) is 0 Å². The highest BCUT2D eigenvalue weighted by atomic mass is 32.1. The van der Waals surface area contributed by atoms with Gasteiger partial charge in [0.15, 0.2) is 0 Å². The van der Waals surface area contributed by atoms with Crippen LogP contribution in [0.3, 0.4) is 0 Å². The summed E-state index contributed by atoms with van der Waals surface area (Å²) in [5.74, 6) is 1.30. The average Bonchev–Trinajstić information content (AvgIpc) is 3.17. The van der Waals surface area contributed by atoms with Crippen LogP contribution in [0.15, 0.2) is 18.2 Å². The first-order chi connectivity index (χ1) is 12.4. The van der Waals surface area contributed by atoms with E-state index in [4.69, 9.17) is 4.98 Å². The van der Waals surface area contributed by atoms with Gasteiger partial charge in [-0.2, -0.15) is 0 Å². The van der Waals surface area contributed by atoms with Crippen LogP contribution in [0.4, 0.5) is 0 Å². The maximum atomic E-state index is 11.8. The highest BCUT2D eigenvalue weighted by Gasteiger charge is 2.21. The Morgan fingerprint density at radius 1 is 1.19 bits per heavy atom. The van der Waals surface area contributed by atoms with Crippen LogP contribution in [0.5, 0.6) is 0 Å². The molecule has 1 amide bonds. The molecule has 2 heterocycles. The molecule has 0 atom stereocenters. The fourth-order valence-corrected chi connectivity index (χ4v) is 4.55. The van der Waals surface area contributed by atoms with Crippen LogP contribution in [0, 0.1) is 6.92 Å². The summed E-state index contributed by atoms with van der Waals surface area (Å²) in [5, 5.41) is 1.14. The lowest BCUT2D eigenvalue weighted by atomic mass is 9.90. The summed E-state index contributed by atoms with van der Waals surface area (Å²) in [4.78, 5) is 20.0. The van der Waals surface area contributed by atoms with Gasteiger partial charge < -0.3 is 4.90 Å². The second-order valence-electron chi connectivity index (χ2n) is 7.90. The summed E-state index contributed by atoms with van der Waals surface area (Å²) in [6, 6.07) is 6.85. The number of thiazole rings is 1. The molecule has 0 saturated carbocycles. The van der Waals surface area contributed by atoms with Gasteiger partial charge in [-0.05, 0) is 36.3 Å². The number of hydrogen-bond donors (Lipinski definition) is 0. The summed E-state index contributed by atoms with van der Waals surface area (Å²) >= 11 is 1.78. The Bertz CT molecular complexity index is 791. The molecule has 0 aliphatic carbocycles. The Labute approximate surface area is 161 Å². The van der Waals surface area contributed by atoms with Gasteiger partial charge >= 0.3 is 0 Å². The molecule has 0 spiro atoms. The van der Waals surface area contributed by atoms with Crippen LogP contribution in [-0.2, 0) is 11.2 Å². The first-order valence-electron chi connectivity index (χ1n) is 9.75. The summed E-state index contributed by atoms with van der Waals surface area (Å²) in [6.45, 7) is 12.9. The molecule has 3 rings (SSSR count). The lowest BCUT2D eigenvalue weighted by molar-refractivity contribution is -0.127. The van der Waals surface area contributed by atoms with Gasteiger partial charge in [0.25, 0.3) is 0 Å². The van der Waals surface area contributed by atoms with Crippen LogP contribution in [0.2, 0.25) is 0 Å². The maximum Gasteiger partial charge on any atom is 0.222 e. The predicted octanol–water partition coefficient (Wildman–Crippen LogP) is 5.53. The van der Waals surface area contributed by atoms with E-state index < -0.39 is 0 Å². The van der Waals surface area contributed by atoms with Crippen molar-refractivity contribution in [2.45, 2.75) is 65.7 Å². The lowest BCUT2D eigenvalue weighted by Gasteiger charge is -2.16. The van der Waals surface area contributed by atoms with Crippen molar-refractivity contribution in [3.8, 4) is 11.3 Å². The number of amides is 1. The van der Waals surface area contributed by atoms with Crippen molar-refractivity contribution in [1.29, 1.82) is 0 Å². The number of hydrogen-bond acceptors (Lipinski definition) is 3. The van der Waals surface area contributed by atoms with Crippen molar-refractivity contribution < 1.29 is 4.79 Å². The molecule has 1 aliphatic rings. The monoisotopic (exact) mass is 370 g/mol. The van der Waals surface area contributed by atoms with Gasteiger partial charge in [-0.25, -0.2) is 4.98 Å². The molecule has 140 valence electrons. The number of nitrogens with zero attached hydrogens (tertiary/aromatic N) is 2. The highest BCUT2D eigenvalue weighted by molar-refractivity contribution is 7.12. The Kier molecular flexibility index (Phi) is 5.81. The SMILES string of the molecule is Cc1sc(CCN2CCCC2=O)nc1-c1ccc(C(C)C)cc1C(C)C. The van der Waals surface area contributed by atoms with Crippen LogP contribution in [-0.4, -0.2) is 28.9 Å². The first-order valence-corrected chi connectivity index (χ1v) is 10.6. The van der Waals surface area contributed by atoms with E-state index in [1.54, 1.807) is 11.3 Å². The van der Waals surface area contributed by atoms with E-state index in [0.29, 0.717) is 24.2 Å². The van der Waals surface area contributed by atoms with Gasteiger partial charge in [-0.15, -0.1) is 11.3 Å². The fourth-order valence-electron chi connectivity index (χ4n) is 3.61. The number of rotatable bonds is 6. The summed E-state index contributed by atoms with van der Waals surface area (Å²) in [7, 11) is 0. The van der Waals surface area contributed by atoms with E-state index in [1.165, 1.54) is 21.6 Å². The van der Waals surface area contributed by atoms with E-state index in [1.807, 2.05) is 4.90 Å². The number of aromatic nitrogens is 1. The molecule has 2 aromatic rings. The molecule has 1 aromatic carbocycles. The van der Waals surface area contributed by atoms with E-state index >= 15 is 0 Å². The quantitative estimate of drug-likeness (QED) is 0.670. The fraction of sp³-hybridized carbons (Fsp3) is 0.545. The molecular formula is C22H30N2OS. The Morgan fingerprint density at radius 2 is 1.96 bits per heavy atom. The Balaban J connectivity index is 1.85. The number of carbonyl (C=O) groups is 1. The summed E-state index contributed by atoms with van der Waals surface area (Å²) < 4.78 is 0.